The van der Waals surface area contributed by atoms with Crippen LogP contribution >= 0.6 is 7.82 Å². The first kappa shape index (κ1) is 27.1. The van der Waals surface area contributed by atoms with Gasteiger partial charge in [0.05, 0.1) is 6.61 Å². The Kier molecular flexibility index (Phi) is 7.38. The molecule has 206 valence electrons. The maximum atomic E-state index is 13.0. The zero-order valence-corrected chi connectivity index (χ0v) is 21.7. The third-order valence-corrected chi connectivity index (χ3v) is 7.26. The maximum absolute atomic E-state index is 13.0. The number of phosphoric ester groups is 1. The molecule has 3 N–H and O–H groups in total. The summed E-state index contributed by atoms with van der Waals surface area (Å²) in [6.07, 6.45) is -1.47. The zero-order chi connectivity index (χ0) is 27.9. The first-order valence-corrected chi connectivity index (χ1v) is 13.7. The van der Waals surface area contributed by atoms with Crippen molar-refractivity contribution in [2.24, 2.45) is 0 Å². The number of ether oxygens (including phenoxy) is 2. The van der Waals surface area contributed by atoms with E-state index in [1.54, 1.807) is 24.3 Å². The third kappa shape index (κ3) is 5.50. The predicted octanol–water partition coefficient (Wildman–Crippen LogP) is 1.47. The van der Waals surface area contributed by atoms with Crippen molar-refractivity contribution in [2.75, 3.05) is 19.8 Å². The number of amides is 2. The normalized spacial score (nSPS) is 21.2. The standard InChI is InChI=1S/C25H26N3O10P/c1-14-12-28(25(32)26-22(14)29)20-11-18(38-39(33,34)35)19(37-20)13-36-10-4-9-27-23(30)16-7-2-5-15-6-3-8-17(21(15)16)24(27)31/h2-3,5-8,12,18-20H,4,9-11,13H2,1H3,(H,26,29,32)(H2,33,34,35)/t18-,19+,20+/m0/s1. The van der Waals surface area contributed by atoms with E-state index in [0.29, 0.717) is 22.9 Å². The van der Waals surface area contributed by atoms with Crippen LogP contribution in [0.15, 0.2) is 52.2 Å². The Hall–Kier alpha value is -3.45. The Morgan fingerprint density at radius 3 is 2.38 bits per heavy atom. The van der Waals surface area contributed by atoms with Gasteiger partial charge in [-0.15, -0.1) is 0 Å². The number of hydrogen-bond acceptors (Lipinski definition) is 8. The van der Waals surface area contributed by atoms with Gasteiger partial charge in [0.1, 0.15) is 18.4 Å². The van der Waals surface area contributed by atoms with Crippen LogP contribution in [0.1, 0.15) is 45.3 Å². The predicted molar refractivity (Wildman–Crippen MR) is 136 cm³/mol. The monoisotopic (exact) mass is 559 g/mol. The molecule has 0 saturated carbocycles. The molecule has 13 nitrogen and oxygen atoms in total. The molecule has 0 bridgehead atoms. The minimum absolute atomic E-state index is 0.0771. The van der Waals surface area contributed by atoms with Crippen LogP contribution in [0.5, 0.6) is 0 Å². The van der Waals surface area contributed by atoms with Crippen molar-refractivity contribution in [3.63, 3.8) is 0 Å². The average molecular weight is 559 g/mol. The van der Waals surface area contributed by atoms with Crippen molar-refractivity contribution in [1.29, 1.82) is 0 Å². The van der Waals surface area contributed by atoms with Gasteiger partial charge in [-0.1, -0.05) is 24.3 Å². The number of H-pyrrole nitrogens is 1. The van der Waals surface area contributed by atoms with Crippen molar-refractivity contribution in [1.82, 2.24) is 14.5 Å². The van der Waals surface area contributed by atoms with Gasteiger partial charge >= 0.3 is 13.5 Å². The highest BCUT2D eigenvalue weighted by Gasteiger charge is 2.41. The quantitative estimate of drug-likeness (QED) is 0.198. The highest BCUT2D eigenvalue weighted by molar-refractivity contribution is 7.46. The lowest BCUT2D eigenvalue weighted by Crippen LogP contribution is -2.41. The molecular weight excluding hydrogens is 533 g/mol. The molecule has 5 rings (SSSR count). The number of aromatic nitrogens is 2. The summed E-state index contributed by atoms with van der Waals surface area (Å²) >= 11 is 0. The molecule has 0 aliphatic carbocycles. The molecule has 1 fully saturated rings. The molecule has 1 aromatic heterocycles. The number of carbonyl (C=O) groups is 2. The molecule has 2 amide bonds. The average Bonchev–Trinajstić information content (AvgIpc) is 3.26. The lowest BCUT2D eigenvalue weighted by molar-refractivity contribution is -0.0631. The second kappa shape index (κ2) is 10.6. The van der Waals surface area contributed by atoms with Crippen LogP contribution in [0.3, 0.4) is 0 Å². The lowest BCUT2D eigenvalue weighted by atomic mass is 9.94. The number of aryl methyl sites for hydroxylation is 1. The summed E-state index contributed by atoms with van der Waals surface area (Å²) in [5.74, 6) is -0.772. The summed E-state index contributed by atoms with van der Waals surface area (Å²) in [6, 6.07) is 10.6. The Bertz CT molecular complexity index is 1560. The van der Waals surface area contributed by atoms with Gasteiger partial charge in [0.25, 0.3) is 17.4 Å². The number of carbonyl (C=O) groups excluding carboxylic acids is 2. The van der Waals surface area contributed by atoms with E-state index in [4.69, 9.17) is 14.0 Å². The Morgan fingerprint density at radius 2 is 1.74 bits per heavy atom. The minimum atomic E-state index is -4.88. The highest BCUT2D eigenvalue weighted by atomic mass is 31.2. The smallest absolute Gasteiger partial charge is 0.379 e. The summed E-state index contributed by atoms with van der Waals surface area (Å²) in [7, 11) is -4.88. The molecule has 0 radical (unpaired) electrons. The topological polar surface area (TPSA) is 177 Å². The Balaban J connectivity index is 1.21. The van der Waals surface area contributed by atoms with E-state index in [1.807, 2.05) is 12.1 Å². The summed E-state index contributed by atoms with van der Waals surface area (Å²) in [6.45, 7) is 1.58. The molecule has 3 aromatic rings. The first-order valence-electron chi connectivity index (χ1n) is 12.2. The second-order valence-electron chi connectivity index (χ2n) is 9.38. The molecule has 2 aliphatic rings. The maximum Gasteiger partial charge on any atom is 0.469 e. The number of nitrogens with one attached hydrogen (secondary N) is 1. The van der Waals surface area contributed by atoms with E-state index in [1.165, 1.54) is 18.0 Å². The molecule has 39 heavy (non-hydrogen) atoms. The van der Waals surface area contributed by atoms with E-state index in [2.05, 4.69) is 4.98 Å². The van der Waals surface area contributed by atoms with Gasteiger partial charge in [-0.2, -0.15) is 0 Å². The Labute approximate surface area is 221 Å². The number of hydrogen-bond donors (Lipinski definition) is 3. The molecule has 0 unspecified atom stereocenters. The number of benzene rings is 2. The second-order valence-corrected chi connectivity index (χ2v) is 10.6. The van der Waals surface area contributed by atoms with Crippen molar-refractivity contribution in [3.8, 4) is 0 Å². The van der Waals surface area contributed by atoms with Gasteiger partial charge in [-0.25, -0.2) is 9.36 Å². The van der Waals surface area contributed by atoms with Gasteiger partial charge in [0, 0.05) is 47.8 Å². The number of aromatic amines is 1. The number of phosphoric acid groups is 1. The van der Waals surface area contributed by atoms with Crippen LogP contribution < -0.4 is 11.2 Å². The van der Waals surface area contributed by atoms with Crippen molar-refractivity contribution < 1.29 is 37.9 Å². The highest BCUT2D eigenvalue weighted by Crippen LogP contribution is 2.43. The molecule has 2 aliphatic heterocycles. The van der Waals surface area contributed by atoms with E-state index < -0.39 is 37.5 Å². The van der Waals surface area contributed by atoms with Gasteiger partial charge < -0.3 is 19.3 Å². The molecule has 14 heteroatoms. The van der Waals surface area contributed by atoms with Crippen LogP contribution in [0, 0.1) is 6.92 Å². The summed E-state index contributed by atoms with van der Waals surface area (Å²) in [5, 5.41) is 1.46. The SMILES string of the molecule is Cc1cn([C@H]2C[C@H](OP(=O)(O)O)[C@@H](COCCCN3C(=O)c4cccc5cccc(c45)C3=O)O2)c(=O)[nH]c1=O. The fourth-order valence-corrected chi connectivity index (χ4v) is 5.49. The molecule has 3 heterocycles. The molecule has 2 aromatic carbocycles. The van der Waals surface area contributed by atoms with Crippen LogP contribution in [0.4, 0.5) is 0 Å². The molecule has 0 spiro atoms. The first-order chi connectivity index (χ1) is 18.5. The van der Waals surface area contributed by atoms with E-state index in [-0.39, 0.29) is 43.6 Å². The van der Waals surface area contributed by atoms with Gasteiger partial charge in [-0.3, -0.25) is 33.4 Å². The number of imide groups is 1. The van der Waals surface area contributed by atoms with Crippen molar-refractivity contribution in [3.05, 3.63) is 80.1 Å². The van der Waals surface area contributed by atoms with E-state index in [0.717, 1.165) is 9.95 Å². The van der Waals surface area contributed by atoms with E-state index >= 15 is 0 Å². The summed E-state index contributed by atoms with van der Waals surface area (Å²) < 4.78 is 29.0. The fourth-order valence-electron chi connectivity index (χ4n) is 4.92. The zero-order valence-electron chi connectivity index (χ0n) is 20.8. The van der Waals surface area contributed by atoms with Crippen LogP contribution in [-0.4, -0.2) is 68.0 Å². The van der Waals surface area contributed by atoms with Crippen LogP contribution in [-0.2, 0) is 18.6 Å². The van der Waals surface area contributed by atoms with Gasteiger partial charge in [0.2, 0.25) is 0 Å². The number of rotatable bonds is 9. The van der Waals surface area contributed by atoms with E-state index in [9.17, 15) is 33.5 Å². The fraction of sp³-hybridized carbons (Fsp3) is 0.360. The van der Waals surface area contributed by atoms with Crippen molar-refractivity contribution in [2.45, 2.75) is 38.2 Å². The molecule has 1 saturated heterocycles. The van der Waals surface area contributed by atoms with Crippen molar-refractivity contribution >= 4 is 30.4 Å². The van der Waals surface area contributed by atoms with Crippen LogP contribution in [0.2, 0.25) is 0 Å². The summed E-state index contributed by atoms with van der Waals surface area (Å²) in [4.78, 5) is 71.9. The third-order valence-electron chi connectivity index (χ3n) is 6.72. The Morgan fingerprint density at radius 1 is 1.08 bits per heavy atom. The number of nitrogens with zero attached hydrogens (tertiary/aromatic N) is 2. The summed E-state index contributed by atoms with van der Waals surface area (Å²) in [5.41, 5.74) is -0.118. The largest absolute Gasteiger partial charge is 0.469 e. The van der Waals surface area contributed by atoms with Gasteiger partial charge in [-0.05, 0) is 30.9 Å². The minimum Gasteiger partial charge on any atom is -0.379 e. The molecular formula is C25H26N3O10P. The lowest BCUT2D eigenvalue weighted by Gasteiger charge is -2.27. The molecule has 3 atom stereocenters. The van der Waals surface area contributed by atoms with Crippen LogP contribution in [0.25, 0.3) is 10.8 Å². The van der Waals surface area contributed by atoms with Gasteiger partial charge in [0.15, 0.2) is 0 Å².